The number of hydrogen-bond acceptors (Lipinski definition) is 2. The van der Waals surface area contributed by atoms with Crippen molar-refractivity contribution in [3.8, 4) is 5.75 Å². The van der Waals surface area contributed by atoms with Crippen LogP contribution >= 0.6 is 11.6 Å². The van der Waals surface area contributed by atoms with Gasteiger partial charge < -0.3 is 4.74 Å². The minimum Gasteiger partial charge on any atom is -0.496 e. The zero-order valence-electron chi connectivity index (χ0n) is 9.00. The summed E-state index contributed by atoms with van der Waals surface area (Å²) in [7, 11) is 1.60. The molecule has 0 aliphatic rings. The molecule has 2 nitrogen and oxygen atoms in total. The molecule has 1 aromatic carbocycles. The minimum atomic E-state index is -0.457. The Morgan fingerprint density at radius 2 is 2.07 bits per heavy atom. The molecular weight excluding hydrogens is 212 g/mol. The normalized spacial score (nSPS) is 9.60. The topological polar surface area (TPSA) is 26.3 Å². The summed E-state index contributed by atoms with van der Waals surface area (Å²) in [4.78, 5) is 11.0. The maximum atomic E-state index is 11.0. The summed E-state index contributed by atoms with van der Waals surface area (Å²) in [6.07, 6.45) is 1.95. The Morgan fingerprint density at radius 3 is 2.53 bits per heavy atom. The second-order valence-electron chi connectivity index (χ2n) is 3.45. The molecular formula is C12H13ClO2. The van der Waals surface area contributed by atoms with E-state index in [-0.39, 0.29) is 0 Å². The third-order valence-electron chi connectivity index (χ3n) is 1.90. The number of ether oxygens (including phenoxy) is 1. The van der Waals surface area contributed by atoms with Crippen molar-refractivity contribution in [2.45, 2.75) is 13.8 Å². The van der Waals surface area contributed by atoms with Gasteiger partial charge in [0, 0.05) is 11.1 Å². The molecule has 15 heavy (non-hydrogen) atoms. The quantitative estimate of drug-likeness (QED) is 0.735. The molecule has 1 rings (SSSR count). The van der Waals surface area contributed by atoms with E-state index in [1.807, 2.05) is 19.9 Å². The van der Waals surface area contributed by atoms with E-state index in [0.717, 1.165) is 16.9 Å². The van der Waals surface area contributed by atoms with Crippen molar-refractivity contribution >= 4 is 22.9 Å². The van der Waals surface area contributed by atoms with Crippen LogP contribution in [0.15, 0.2) is 23.8 Å². The summed E-state index contributed by atoms with van der Waals surface area (Å²) in [5, 5.41) is -0.457. The average molecular weight is 225 g/mol. The molecule has 0 amide bonds. The third kappa shape index (κ3) is 3.10. The highest BCUT2D eigenvalue weighted by Crippen LogP contribution is 2.23. The number of methoxy groups -OCH3 is 1. The SMILES string of the molecule is COc1ccc(C(=O)Cl)cc1C=C(C)C. The average Bonchev–Trinajstić information content (AvgIpc) is 2.16. The first kappa shape index (κ1) is 11.8. The van der Waals surface area contributed by atoms with Crippen LogP contribution in [0.25, 0.3) is 6.08 Å². The molecule has 0 heterocycles. The van der Waals surface area contributed by atoms with Crippen molar-refractivity contribution in [1.82, 2.24) is 0 Å². The summed E-state index contributed by atoms with van der Waals surface area (Å²) in [5.41, 5.74) is 2.47. The summed E-state index contributed by atoms with van der Waals surface area (Å²) < 4.78 is 5.18. The van der Waals surface area contributed by atoms with E-state index in [9.17, 15) is 4.79 Å². The lowest BCUT2D eigenvalue weighted by Gasteiger charge is -2.06. The molecule has 0 aromatic heterocycles. The number of allylic oxidation sites excluding steroid dienone is 1. The van der Waals surface area contributed by atoms with Gasteiger partial charge in [0.05, 0.1) is 7.11 Å². The zero-order valence-corrected chi connectivity index (χ0v) is 9.76. The first-order valence-electron chi connectivity index (χ1n) is 4.57. The Morgan fingerprint density at radius 1 is 1.40 bits per heavy atom. The highest BCUT2D eigenvalue weighted by Gasteiger charge is 2.06. The lowest BCUT2D eigenvalue weighted by molar-refractivity contribution is 0.108. The molecule has 0 spiro atoms. The van der Waals surface area contributed by atoms with E-state index < -0.39 is 5.24 Å². The van der Waals surface area contributed by atoms with Gasteiger partial charge in [0.2, 0.25) is 0 Å². The van der Waals surface area contributed by atoms with Crippen molar-refractivity contribution in [3.63, 3.8) is 0 Å². The number of carbonyl (C=O) groups excluding carboxylic acids is 1. The van der Waals surface area contributed by atoms with Crippen LogP contribution in [0, 0.1) is 0 Å². The van der Waals surface area contributed by atoms with Gasteiger partial charge in [0.15, 0.2) is 0 Å². The van der Waals surface area contributed by atoms with Gasteiger partial charge in [-0.25, -0.2) is 0 Å². The third-order valence-corrected chi connectivity index (χ3v) is 2.12. The number of benzene rings is 1. The fraction of sp³-hybridized carbons (Fsp3) is 0.250. The lowest BCUT2D eigenvalue weighted by atomic mass is 10.1. The first-order valence-corrected chi connectivity index (χ1v) is 4.95. The van der Waals surface area contributed by atoms with Gasteiger partial charge >= 0.3 is 0 Å². The van der Waals surface area contributed by atoms with Crippen molar-refractivity contribution in [1.29, 1.82) is 0 Å². The van der Waals surface area contributed by atoms with E-state index >= 15 is 0 Å². The van der Waals surface area contributed by atoms with Crippen molar-refractivity contribution in [2.75, 3.05) is 7.11 Å². The van der Waals surface area contributed by atoms with Crippen LogP contribution in [0.1, 0.15) is 29.8 Å². The molecule has 3 heteroatoms. The monoisotopic (exact) mass is 224 g/mol. The molecule has 0 aliphatic carbocycles. The van der Waals surface area contributed by atoms with Gasteiger partial charge in [-0.2, -0.15) is 0 Å². The second kappa shape index (κ2) is 4.99. The number of rotatable bonds is 3. The fourth-order valence-corrected chi connectivity index (χ4v) is 1.40. The predicted octanol–water partition coefficient (Wildman–Crippen LogP) is 3.50. The largest absolute Gasteiger partial charge is 0.496 e. The summed E-state index contributed by atoms with van der Waals surface area (Å²) in [6.45, 7) is 3.96. The fourth-order valence-electron chi connectivity index (χ4n) is 1.28. The molecule has 0 unspecified atom stereocenters. The van der Waals surface area contributed by atoms with Gasteiger partial charge in [-0.15, -0.1) is 0 Å². The van der Waals surface area contributed by atoms with Gasteiger partial charge in [-0.05, 0) is 43.6 Å². The molecule has 80 valence electrons. The summed E-state index contributed by atoms with van der Waals surface area (Å²) in [5.74, 6) is 0.734. The number of halogens is 1. The van der Waals surface area contributed by atoms with Gasteiger partial charge in [0.1, 0.15) is 5.75 Å². The van der Waals surface area contributed by atoms with E-state index in [2.05, 4.69) is 0 Å². The maximum absolute atomic E-state index is 11.0. The summed E-state index contributed by atoms with van der Waals surface area (Å²) >= 11 is 5.41. The lowest BCUT2D eigenvalue weighted by Crippen LogP contribution is -1.93. The van der Waals surface area contributed by atoms with Crippen molar-refractivity contribution in [3.05, 3.63) is 34.9 Å². The Bertz CT molecular complexity index is 404. The Balaban J connectivity index is 3.25. The highest BCUT2D eigenvalue weighted by molar-refractivity contribution is 6.67. The maximum Gasteiger partial charge on any atom is 0.252 e. The summed E-state index contributed by atoms with van der Waals surface area (Å²) in [6, 6.07) is 5.11. The van der Waals surface area contributed by atoms with Crippen LogP contribution in [0.5, 0.6) is 5.75 Å². The number of carbonyl (C=O) groups is 1. The van der Waals surface area contributed by atoms with E-state index in [1.165, 1.54) is 0 Å². The van der Waals surface area contributed by atoms with Crippen molar-refractivity contribution in [2.24, 2.45) is 0 Å². The van der Waals surface area contributed by atoms with E-state index in [4.69, 9.17) is 16.3 Å². The van der Waals surface area contributed by atoms with Crippen LogP contribution in [0.4, 0.5) is 0 Å². The van der Waals surface area contributed by atoms with Crippen LogP contribution < -0.4 is 4.74 Å². The molecule has 0 bridgehead atoms. The van der Waals surface area contributed by atoms with Crippen LogP contribution in [-0.4, -0.2) is 12.4 Å². The van der Waals surface area contributed by atoms with Crippen LogP contribution in [-0.2, 0) is 0 Å². The van der Waals surface area contributed by atoms with Gasteiger partial charge in [0.25, 0.3) is 5.24 Å². The van der Waals surface area contributed by atoms with E-state index in [1.54, 1.807) is 25.3 Å². The highest BCUT2D eigenvalue weighted by atomic mass is 35.5. The standard InChI is InChI=1S/C12H13ClO2/c1-8(2)6-10-7-9(12(13)14)4-5-11(10)15-3/h4-7H,1-3H3. The second-order valence-corrected chi connectivity index (χ2v) is 3.80. The van der Waals surface area contributed by atoms with Gasteiger partial charge in [-0.1, -0.05) is 11.6 Å². The molecule has 0 aliphatic heterocycles. The van der Waals surface area contributed by atoms with Gasteiger partial charge in [-0.3, -0.25) is 4.79 Å². The molecule has 0 radical (unpaired) electrons. The molecule has 0 saturated carbocycles. The first-order chi connectivity index (χ1) is 7.04. The Labute approximate surface area is 94.5 Å². The molecule has 1 aromatic rings. The van der Waals surface area contributed by atoms with Crippen molar-refractivity contribution < 1.29 is 9.53 Å². The van der Waals surface area contributed by atoms with Crippen LogP contribution in [0.2, 0.25) is 0 Å². The Kier molecular flexibility index (Phi) is 3.92. The van der Waals surface area contributed by atoms with E-state index in [0.29, 0.717) is 5.56 Å². The predicted molar refractivity (Wildman–Crippen MR) is 62.5 cm³/mol. The molecule has 0 atom stereocenters. The minimum absolute atomic E-state index is 0.457. The number of hydrogen-bond donors (Lipinski definition) is 0. The smallest absolute Gasteiger partial charge is 0.252 e. The molecule has 0 fully saturated rings. The van der Waals surface area contributed by atoms with Crippen LogP contribution in [0.3, 0.4) is 0 Å². The zero-order chi connectivity index (χ0) is 11.4. The molecule has 0 saturated heterocycles. The molecule has 0 N–H and O–H groups in total. The Hall–Kier alpha value is -1.28.